The Morgan fingerprint density at radius 2 is 1.78 bits per heavy atom. The van der Waals surface area contributed by atoms with E-state index in [9.17, 15) is 9.59 Å². The Morgan fingerprint density at radius 1 is 1.09 bits per heavy atom. The highest BCUT2D eigenvalue weighted by molar-refractivity contribution is 7.18. The van der Waals surface area contributed by atoms with Crippen molar-refractivity contribution in [3.8, 4) is 22.1 Å². The van der Waals surface area contributed by atoms with Crippen LogP contribution in [0.3, 0.4) is 0 Å². The van der Waals surface area contributed by atoms with Crippen LogP contribution in [0.25, 0.3) is 10.6 Å². The number of amides is 2. The molecule has 0 saturated carbocycles. The quantitative estimate of drug-likeness (QED) is 0.580. The van der Waals surface area contributed by atoms with Crippen molar-refractivity contribution in [2.45, 2.75) is 18.9 Å². The predicted octanol–water partition coefficient (Wildman–Crippen LogP) is 4.12. The van der Waals surface area contributed by atoms with Crippen LogP contribution >= 0.6 is 22.9 Å². The molecule has 2 heterocycles. The fourth-order valence-corrected chi connectivity index (χ4v) is 4.54. The molecule has 0 aliphatic carbocycles. The summed E-state index contributed by atoms with van der Waals surface area (Å²) in [7, 11) is 2.99. The lowest BCUT2D eigenvalue weighted by Crippen LogP contribution is -2.43. The second-order valence-corrected chi connectivity index (χ2v) is 8.52. The molecule has 1 aromatic heterocycles. The lowest BCUT2D eigenvalue weighted by molar-refractivity contribution is -0.119. The maximum Gasteiger partial charge on any atom is 0.262 e. The van der Waals surface area contributed by atoms with Crippen LogP contribution in [0, 0.1) is 0 Å². The summed E-state index contributed by atoms with van der Waals surface area (Å²) in [6.45, 7) is 0.463. The zero-order valence-electron chi connectivity index (χ0n) is 17.5. The Labute approximate surface area is 194 Å². The molecule has 1 fully saturated rings. The normalized spacial score (nSPS) is 15.5. The highest BCUT2D eigenvalue weighted by Gasteiger charge is 2.37. The predicted molar refractivity (Wildman–Crippen MR) is 123 cm³/mol. The summed E-state index contributed by atoms with van der Waals surface area (Å²) in [6, 6.07) is 11.7. The van der Waals surface area contributed by atoms with Crippen LogP contribution in [0.1, 0.15) is 23.2 Å². The van der Waals surface area contributed by atoms with Crippen molar-refractivity contribution in [1.82, 2.24) is 15.1 Å². The molecular formula is C22H21ClN4O4S. The number of nitrogens with zero attached hydrogens (tertiary/aromatic N) is 3. The van der Waals surface area contributed by atoms with E-state index < -0.39 is 6.04 Å². The van der Waals surface area contributed by atoms with Crippen molar-refractivity contribution in [2.75, 3.05) is 26.1 Å². The average Bonchev–Trinajstić information content (AvgIpc) is 3.48. The molecule has 1 atom stereocenters. The SMILES string of the molecule is COc1cccc(OC)c1C(=O)N1CCCC1C(=O)Nc1nnc(-c2ccc(Cl)cc2)s1. The van der Waals surface area contributed by atoms with Gasteiger partial charge in [0.2, 0.25) is 11.0 Å². The lowest BCUT2D eigenvalue weighted by Gasteiger charge is -2.25. The number of anilines is 1. The van der Waals surface area contributed by atoms with E-state index in [-0.39, 0.29) is 11.8 Å². The Morgan fingerprint density at radius 3 is 2.44 bits per heavy atom. The first-order valence-electron chi connectivity index (χ1n) is 9.94. The number of nitrogens with one attached hydrogen (secondary N) is 1. The molecule has 1 N–H and O–H groups in total. The van der Waals surface area contributed by atoms with Gasteiger partial charge in [0, 0.05) is 17.1 Å². The second-order valence-electron chi connectivity index (χ2n) is 7.10. The standard InChI is InChI=1S/C22H21ClN4O4S/c1-30-16-6-3-7-17(31-2)18(16)21(29)27-12-4-5-15(27)19(28)24-22-26-25-20(32-22)13-8-10-14(23)11-9-13/h3,6-11,15H,4-5,12H2,1-2H3,(H,24,26,28). The first-order valence-corrected chi connectivity index (χ1v) is 11.1. The van der Waals surface area contributed by atoms with Gasteiger partial charge >= 0.3 is 0 Å². The molecule has 166 valence electrons. The van der Waals surface area contributed by atoms with Crippen LogP contribution in [0.4, 0.5) is 5.13 Å². The van der Waals surface area contributed by atoms with E-state index in [1.165, 1.54) is 25.6 Å². The molecule has 32 heavy (non-hydrogen) atoms. The lowest BCUT2D eigenvalue weighted by atomic mass is 10.1. The minimum Gasteiger partial charge on any atom is -0.496 e. The van der Waals surface area contributed by atoms with Gasteiger partial charge < -0.3 is 14.4 Å². The van der Waals surface area contributed by atoms with Gasteiger partial charge in [0.05, 0.1) is 14.2 Å². The third-order valence-electron chi connectivity index (χ3n) is 5.20. The molecule has 10 heteroatoms. The Kier molecular flexibility index (Phi) is 6.57. The molecule has 2 amide bonds. The molecule has 0 bridgehead atoms. The molecule has 2 aromatic carbocycles. The van der Waals surface area contributed by atoms with E-state index in [4.69, 9.17) is 21.1 Å². The van der Waals surface area contributed by atoms with E-state index in [0.717, 1.165) is 5.56 Å². The second kappa shape index (κ2) is 9.54. The van der Waals surface area contributed by atoms with E-state index in [0.29, 0.717) is 51.6 Å². The number of methoxy groups -OCH3 is 2. The topological polar surface area (TPSA) is 93.7 Å². The molecule has 3 aromatic rings. The number of carbonyl (C=O) groups is 2. The van der Waals surface area contributed by atoms with E-state index in [1.807, 2.05) is 12.1 Å². The summed E-state index contributed by atoms with van der Waals surface area (Å²) in [5, 5.41) is 12.7. The molecule has 0 spiro atoms. The Balaban J connectivity index is 1.51. The van der Waals surface area contributed by atoms with Crippen molar-refractivity contribution in [3.63, 3.8) is 0 Å². The molecule has 1 saturated heterocycles. The Hall–Kier alpha value is -3.17. The zero-order valence-corrected chi connectivity index (χ0v) is 19.1. The Bertz CT molecular complexity index is 1110. The van der Waals surface area contributed by atoms with Gasteiger partial charge in [-0.25, -0.2) is 0 Å². The zero-order chi connectivity index (χ0) is 22.7. The highest BCUT2D eigenvalue weighted by atomic mass is 35.5. The molecule has 4 rings (SSSR count). The molecule has 0 radical (unpaired) electrons. The summed E-state index contributed by atoms with van der Waals surface area (Å²) in [4.78, 5) is 27.9. The van der Waals surface area contributed by atoms with Crippen LogP contribution in [0.15, 0.2) is 42.5 Å². The van der Waals surface area contributed by atoms with Gasteiger partial charge in [0.15, 0.2) is 0 Å². The number of rotatable bonds is 6. The molecule has 1 aliphatic rings. The van der Waals surface area contributed by atoms with E-state index in [1.54, 1.807) is 35.2 Å². The number of hydrogen-bond donors (Lipinski definition) is 1. The molecule has 8 nitrogen and oxygen atoms in total. The largest absolute Gasteiger partial charge is 0.496 e. The van der Waals surface area contributed by atoms with E-state index >= 15 is 0 Å². The molecular weight excluding hydrogens is 452 g/mol. The molecule has 1 unspecified atom stereocenters. The van der Waals surface area contributed by atoms with Gasteiger partial charge in [0.25, 0.3) is 5.91 Å². The number of ether oxygens (including phenoxy) is 2. The molecule has 1 aliphatic heterocycles. The van der Waals surface area contributed by atoms with Crippen molar-refractivity contribution >= 4 is 39.9 Å². The number of carbonyl (C=O) groups excluding carboxylic acids is 2. The van der Waals surface area contributed by atoms with Crippen LogP contribution in [-0.4, -0.2) is 53.7 Å². The number of hydrogen-bond acceptors (Lipinski definition) is 7. The average molecular weight is 473 g/mol. The van der Waals surface area contributed by atoms with Crippen LogP contribution in [0.2, 0.25) is 5.02 Å². The number of benzene rings is 2. The fourth-order valence-electron chi connectivity index (χ4n) is 3.66. The number of likely N-dealkylation sites (tertiary alicyclic amines) is 1. The van der Waals surface area contributed by atoms with Gasteiger partial charge in [-0.15, -0.1) is 10.2 Å². The van der Waals surface area contributed by atoms with Crippen LogP contribution in [-0.2, 0) is 4.79 Å². The van der Waals surface area contributed by atoms with Crippen LogP contribution < -0.4 is 14.8 Å². The van der Waals surface area contributed by atoms with Crippen molar-refractivity contribution in [1.29, 1.82) is 0 Å². The number of aromatic nitrogens is 2. The van der Waals surface area contributed by atoms with Gasteiger partial charge in [-0.05, 0) is 37.1 Å². The fraction of sp³-hybridized carbons (Fsp3) is 0.273. The van der Waals surface area contributed by atoms with Crippen LogP contribution in [0.5, 0.6) is 11.5 Å². The van der Waals surface area contributed by atoms with Gasteiger partial charge in [-0.2, -0.15) is 0 Å². The minimum absolute atomic E-state index is 0.302. The van der Waals surface area contributed by atoms with E-state index in [2.05, 4.69) is 15.5 Å². The van der Waals surface area contributed by atoms with Gasteiger partial charge in [-0.1, -0.05) is 41.1 Å². The van der Waals surface area contributed by atoms with Crippen molar-refractivity contribution in [2.24, 2.45) is 0 Å². The summed E-state index contributed by atoms with van der Waals surface area (Å²) >= 11 is 7.19. The highest BCUT2D eigenvalue weighted by Crippen LogP contribution is 2.33. The third-order valence-corrected chi connectivity index (χ3v) is 6.34. The van der Waals surface area contributed by atoms with Crippen molar-refractivity contribution in [3.05, 3.63) is 53.1 Å². The van der Waals surface area contributed by atoms with Crippen molar-refractivity contribution < 1.29 is 19.1 Å². The summed E-state index contributed by atoms with van der Waals surface area (Å²) in [5.41, 5.74) is 1.16. The smallest absolute Gasteiger partial charge is 0.262 e. The van der Waals surface area contributed by atoms with Gasteiger partial charge in [-0.3, -0.25) is 14.9 Å². The first kappa shape index (κ1) is 22.0. The first-order chi connectivity index (χ1) is 15.5. The minimum atomic E-state index is -0.625. The summed E-state index contributed by atoms with van der Waals surface area (Å²) in [5.74, 6) is 0.189. The van der Waals surface area contributed by atoms with Gasteiger partial charge in [0.1, 0.15) is 28.1 Å². The maximum absolute atomic E-state index is 13.3. The summed E-state index contributed by atoms with van der Waals surface area (Å²) < 4.78 is 10.7. The number of halogens is 1. The third kappa shape index (κ3) is 4.39. The maximum atomic E-state index is 13.3. The summed E-state index contributed by atoms with van der Waals surface area (Å²) in [6.07, 6.45) is 1.27. The monoisotopic (exact) mass is 472 g/mol.